The van der Waals surface area contributed by atoms with Crippen molar-refractivity contribution >= 4 is 43.1 Å². The van der Waals surface area contributed by atoms with E-state index in [9.17, 15) is 21.2 Å². The number of ether oxygens (including phenoxy) is 1. The van der Waals surface area contributed by atoms with Crippen LogP contribution in [0, 0.1) is 23.5 Å². The summed E-state index contributed by atoms with van der Waals surface area (Å²) in [6.45, 7) is -0.212. The Morgan fingerprint density at radius 1 is 1.12 bits per heavy atom. The minimum absolute atomic E-state index is 0.103. The van der Waals surface area contributed by atoms with Gasteiger partial charge in [0.05, 0.1) is 27.8 Å². The predicted molar refractivity (Wildman–Crippen MR) is 125 cm³/mol. The average molecular weight is 554 g/mol. The first-order valence-corrected chi connectivity index (χ1v) is 14.4. The van der Waals surface area contributed by atoms with Crippen molar-refractivity contribution in [1.82, 2.24) is 4.31 Å². The topological polar surface area (TPSA) is 80.8 Å². The third-order valence-electron chi connectivity index (χ3n) is 6.79. The highest BCUT2D eigenvalue weighted by molar-refractivity contribution is 7.92. The fourth-order valence-corrected chi connectivity index (χ4v) is 8.93. The molecule has 1 aliphatic carbocycles. The zero-order chi connectivity index (χ0) is 25.1. The van der Waals surface area contributed by atoms with E-state index in [1.165, 1.54) is 38.4 Å². The molecule has 3 atom stereocenters. The Balaban J connectivity index is 1.90. The lowest BCUT2D eigenvalue weighted by atomic mass is 9.69. The molecule has 0 unspecified atom stereocenters. The number of hydrogen-bond donors (Lipinski definition) is 0. The van der Waals surface area contributed by atoms with Crippen molar-refractivity contribution in [2.75, 3.05) is 26.5 Å². The van der Waals surface area contributed by atoms with E-state index >= 15 is 4.39 Å². The molecule has 4 rings (SSSR count). The van der Waals surface area contributed by atoms with E-state index in [1.54, 1.807) is 0 Å². The Labute approximate surface area is 207 Å². The minimum Gasteiger partial charge on any atom is -0.490 e. The molecule has 1 heterocycles. The molecule has 1 fully saturated rings. The second kappa shape index (κ2) is 8.89. The molecule has 12 heteroatoms. The Kier molecular flexibility index (Phi) is 6.70. The number of fused-ring (bicyclic) bond motifs is 3. The van der Waals surface area contributed by atoms with Crippen LogP contribution in [0.3, 0.4) is 0 Å². The Morgan fingerprint density at radius 2 is 1.76 bits per heavy atom. The van der Waals surface area contributed by atoms with E-state index in [1.807, 2.05) is 0 Å². The molecule has 0 saturated heterocycles. The maximum Gasteiger partial charge on any atom is 0.213 e. The van der Waals surface area contributed by atoms with Crippen LogP contribution >= 0.6 is 23.2 Å². The van der Waals surface area contributed by atoms with E-state index in [2.05, 4.69) is 0 Å². The molecular weight excluding hydrogens is 531 g/mol. The Bertz CT molecular complexity index is 1330. The monoisotopic (exact) mass is 553 g/mol. The zero-order valence-corrected chi connectivity index (χ0v) is 21.5. The summed E-state index contributed by atoms with van der Waals surface area (Å²) in [7, 11) is -5.03. The number of hydrogen-bond acceptors (Lipinski definition) is 5. The number of benzene rings is 2. The fourth-order valence-electron chi connectivity index (χ4n) is 5.06. The van der Waals surface area contributed by atoms with Crippen molar-refractivity contribution in [3.8, 4) is 5.75 Å². The highest BCUT2D eigenvalue weighted by atomic mass is 35.5. The van der Waals surface area contributed by atoms with Gasteiger partial charge in [-0.05, 0) is 55.5 Å². The molecular formula is C22H23Cl2F2NO5S2. The molecule has 0 bridgehead atoms. The van der Waals surface area contributed by atoms with Gasteiger partial charge in [0.1, 0.15) is 4.75 Å². The van der Waals surface area contributed by atoms with Crippen molar-refractivity contribution in [3.05, 3.63) is 57.6 Å². The van der Waals surface area contributed by atoms with Crippen LogP contribution in [-0.4, -0.2) is 47.6 Å². The van der Waals surface area contributed by atoms with Gasteiger partial charge in [0.2, 0.25) is 10.0 Å². The van der Waals surface area contributed by atoms with Crippen molar-refractivity contribution in [2.24, 2.45) is 11.8 Å². The van der Waals surface area contributed by atoms with Crippen LogP contribution in [0.4, 0.5) is 8.78 Å². The first-order chi connectivity index (χ1) is 15.8. The van der Waals surface area contributed by atoms with Crippen molar-refractivity contribution < 1.29 is 30.4 Å². The van der Waals surface area contributed by atoms with E-state index < -0.39 is 58.5 Å². The lowest BCUT2D eigenvalue weighted by Crippen LogP contribution is -2.53. The molecule has 2 aromatic rings. The largest absolute Gasteiger partial charge is 0.490 e. The Morgan fingerprint density at radius 3 is 2.38 bits per heavy atom. The molecule has 1 aliphatic heterocycles. The van der Waals surface area contributed by atoms with Crippen LogP contribution in [-0.2, 0) is 24.6 Å². The summed E-state index contributed by atoms with van der Waals surface area (Å²) < 4.78 is 88.3. The van der Waals surface area contributed by atoms with E-state index in [4.69, 9.17) is 27.9 Å². The number of nitrogens with zero attached hydrogens (tertiary/aromatic N) is 1. The van der Waals surface area contributed by atoms with Crippen molar-refractivity contribution in [3.63, 3.8) is 0 Å². The number of sulfone groups is 1. The number of halogens is 4. The van der Waals surface area contributed by atoms with Crippen LogP contribution in [0.25, 0.3) is 0 Å². The van der Waals surface area contributed by atoms with Gasteiger partial charge in [0.25, 0.3) is 0 Å². The Hall–Kier alpha value is -1.46. The molecule has 0 spiro atoms. The normalized spacial score (nSPS) is 24.9. The molecule has 0 aromatic heterocycles. The second-order valence-corrected chi connectivity index (χ2v) is 14.2. The first-order valence-electron chi connectivity index (χ1n) is 10.5. The molecule has 0 N–H and O–H groups in total. The molecule has 186 valence electrons. The smallest absolute Gasteiger partial charge is 0.213 e. The van der Waals surface area contributed by atoms with Gasteiger partial charge in [0, 0.05) is 25.0 Å². The van der Waals surface area contributed by atoms with Gasteiger partial charge in [-0.15, -0.1) is 0 Å². The molecule has 6 nitrogen and oxygen atoms in total. The van der Waals surface area contributed by atoms with E-state index in [-0.39, 0.29) is 42.4 Å². The molecule has 34 heavy (non-hydrogen) atoms. The zero-order valence-electron chi connectivity index (χ0n) is 18.4. The molecule has 2 aliphatic rings. The van der Waals surface area contributed by atoms with E-state index in [0.717, 1.165) is 10.4 Å². The third-order valence-corrected chi connectivity index (χ3v) is 11.9. The van der Waals surface area contributed by atoms with Gasteiger partial charge in [-0.1, -0.05) is 23.2 Å². The lowest BCUT2D eigenvalue weighted by molar-refractivity contribution is 0.103. The summed E-state index contributed by atoms with van der Waals surface area (Å²) in [6.07, 6.45) is 0.180. The fraction of sp³-hybridized carbons (Fsp3) is 0.455. The SMILES string of the molecule is CN(C)S(=O)(=O)C[C@@H]1CC[C@@]2(S(=O)(=O)c3ccc(Cl)cc3)c3c(F)c(Cl)cc(F)c3OC[C@H]2C1. The minimum atomic E-state index is -4.32. The summed E-state index contributed by atoms with van der Waals surface area (Å²) in [5.74, 6) is -3.89. The van der Waals surface area contributed by atoms with Crippen LogP contribution in [0.5, 0.6) is 5.75 Å². The van der Waals surface area contributed by atoms with Gasteiger partial charge < -0.3 is 4.74 Å². The lowest BCUT2D eigenvalue weighted by Gasteiger charge is -2.49. The summed E-state index contributed by atoms with van der Waals surface area (Å²) >= 11 is 11.9. The van der Waals surface area contributed by atoms with Gasteiger partial charge in [-0.2, -0.15) is 0 Å². The van der Waals surface area contributed by atoms with Crippen LogP contribution in [0.15, 0.2) is 35.2 Å². The van der Waals surface area contributed by atoms with Crippen LogP contribution in [0.1, 0.15) is 24.8 Å². The standard InChI is InChI=1S/C22H23Cl2F2NO5S2/c1-27(2)33(28,29)12-13-7-8-22(34(30,31)16-5-3-15(23)4-6-16)14(9-13)11-32-21-18(25)10-17(24)20(26)19(21)22/h3-6,10,13-14H,7-9,11-12H2,1-2H3/t13-,14-,22+/m1/s1. The van der Waals surface area contributed by atoms with Gasteiger partial charge >= 0.3 is 0 Å². The number of rotatable bonds is 5. The maximum absolute atomic E-state index is 15.5. The average Bonchev–Trinajstić information content (AvgIpc) is 2.76. The molecule has 0 radical (unpaired) electrons. The highest BCUT2D eigenvalue weighted by Gasteiger charge is 2.60. The van der Waals surface area contributed by atoms with Crippen LogP contribution < -0.4 is 4.74 Å². The highest BCUT2D eigenvalue weighted by Crippen LogP contribution is 2.58. The maximum atomic E-state index is 15.5. The summed E-state index contributed by atoms with van der Waals surface area (Å²) in [4.78, 5) is -0.103. The molecule has 1 saturated carbocycles. The molecule has 2 aromatic carbocycles. The van der Waals surface area contributed by atoms with Gasteiger partial charge in [-0.3, -0.25) is 0 Å². The summed E-state index contributed by atoms with van der Waals surface area (Å²) in [5.41, 5.74) is -0.433. The van der Waals surface area contributed by atoms with Crippen molar-refractivity contribution in [2.45, 2.75) is 28.9 Å². The quantitative estimate of drug-likeness (QED) is 0.504. The third kappa shape index (κ3) is 4.01. The molecule has 0 amide bonds. The van der Waals surface area contributed by atoms with Gasteiger partial charge in [-0.25, -0.2) is 29.9 Å². The summed E-state index contributed by atoms with van der Waals surface area (Å²) in [6, 6.07) is 6.21. The second-order valence-electron chi connectivity index (χ2n) is 8.91. The summed E-state index contributed by atoms with van der Waals surface area (Å²) in [5, 5.41) is -0.235. The van der Waals surface area contributed by atoms with Crippen LogP contribution in [0.2, 0.25) is 10.0 Å². The van der Waals surface area contributed by atoms with Crippen molar-refractivity contribution in [1.29, 1.82) is 0 Å². The van der Waals surface area contributed by atoms with Gasteiger partial charge in [0.15, 0.2) is 27.2 Å². The first kappa shape index (κ1) is 25.6. The number of sulfonamides is 1. The van der Waals surface area contributed by atoms with E-state index in [0.29, 0.717) is 5.02 Å². The predicted octanol–water partition coefficient (Wildman–Crippen LogP) is 4.64.